The highest BCUT2D eigenvalue weighted by molar-refractivity contribution is 6.11. The highest BCUT2D eigenvalue weighted by Gasteiger charge is 2.78. The van der Waals surface area contributed by atoms with Crippen LogP contribution in [0, 0.1) is 32.6 Å². The highest BCUT2D eigenvalue weighted by Crippen LogP contribution is 2.66. The SMILES string of the molecule is Cc1cc(C)c2c(C)cc3[n+](c2c1)C1(c2ccc4c(c2-3)C(C)(C)C2=C4C(C)(C)c3ccc(CC(C)C)cc32)N(C2CCCCC2)C(C(C)C)=[N+]1C1CCCCC1. The van der Waals surface area contributed by atoms with Crippen molar-refractivity contribution in [3.05, 3.63) is 98.6 Å². The summed E-state index contributed by atoms with van der Waals surface area (Å²) >= 11 is 0. The number of fused-ring (bicyclic) bond motifs is 12. The fourth-order valence-corrected chi connectivity index (χ4v) is 13.6. The van der Waals surface area contributed by atoms with E-state index in [2.05, 4.69) is 139 Å². The summed E-state index contributed by atoms with van der Waals surface area (Å²) in [5, 5.41) is 1.45. The van der Waals surface area contributed by atoms with Crippen LogP contribution < -0.4 is 4.57 Å². The number of benzene rings is 3. The van der Waals surface area contributed by atoms with Crippen molar-refractivity contribution in [2.45, 2.75) is 175 Å². The van der Waals surface area contributed by atoms with Crippen LogP contribution in [0.25, 0.3) is 33.3 Å². The fourth-order valence-electron chi connectivity index (χ4n) is 13.6. The first-order chi connectivity index (χ1) is 26.7. The van der Waals surface area contributed by atoms with E-state index in [1.54, 1.807) is 28.1 Å². The van der Waals surface area contributed by atoms with Crippen molar-refractivity contribution in [3.63, 3.8) is 0 Å². The molecule has 3 nitrogen and oxygen atoms in total. The van der Waals surface area contributed by atoms with Gasteiger partial charge >= 0.3 is 5.79 Å². The lowest BCUT2D eigenvalue weighted by atomic mass is 9.72. The number of aryl methyl sites for hydroxylation is 3. The summed E-state index contributed by atoms with van der Waals surface area (Å²) in [6.07, 6.45) is 14.4. The third-order valence-corrected chi connectivity index (χ3v) is 15.4. The fraction of sp³-hybridized carbons (Fsp3) is 0.547. The number of rotatable bonds is 5. The van der Waals surface area contributed by atoms with Gasteiger partial charge in [0.25, 0.3) is 5.84 Å². The quantitative estimate of drug-likeness (QED) is 0.185. The lowest BCUT2D eigenvalue weighted by molar-refractivity contribution is -0.957. The van der Waals surface area contributed by atoms with Gasteiger partial charge in [-0.15, -0.1) is 4.57 Å². The van der Waals surface area contributed by atoms with E-state index in [9.17, 15) is 0 Å². The molecule has 0 N–H and O–H groups in total. The molecule has 292 valence electrons. The smallest absolute Gasteiger partial charge is 0.155 e. The van der Waals surface area contributed by atoms with Crippen LogP contribution in [0.1, 0.15) is 170 Å². The lowest BCUT2D eigenvalue weighted by Crippen LogP contribution is -2.84. The standard InChI is InChI=1S/C53H67N3/c1-31(2)26-36-22-24-41-40(30-36)49-48(51(41,8)9)39-23-25-42-46(47(39)52(49,10)11)44-29-35(7)45-34(6)27-33(5)28-43(45)56(44)53(42)54(37-18-14-12-15-19-37)50(32(3)4)55(53)38-20-16-13-17-21-38/h22-25,27-32,37-38H,12-21,26H2,1-11H3/q+2. The summed E-state index contributed by atoms with van der Waals surface area (Å²) in [4.78, 5) is 3.06. The molecule has 6 aliphatic rings. The molecule has 1 aromatic heterocycles. The van der Waals surface area contributed by atoms with Gasteiger partial charge in [0, 0.05) is 23.0 Å². The molecule has 3 heteroatoms. The summed E-state index contributed by atoms with van der Waals surface area (Å²) in [5.74, 6) is 2.33. The van der Waals surface area contributed by atoms with Crippen LogP contribution in [0.4, 0.5) is 0 Å². The van der Waals surface area contributed by atoms with Crippen molar-refractivity contribution in [2.24, 2.45) is 11.8 Å². The van der Waals surface area contributed by atoms with E-state index < -0.39 is 0 Å². The summed E-state index contributed by atoms with van der Waals surface area (Å²) in [6.45, 7) is 26.9. The van der Waals surface area contributed by atoms with Gasteiger partial charge in [-0.2, -0.15) is 9.48 Å². The van der Waals surface area contributed by atoms with E-state index in [0.29, 0.717) is 23.9 Å². The van der Waals surface area contributed by atoms with Crippen LogP contribution in [0.5, 0.6) is 0 Å². The summed E-state index contributed by atoms with van der Waals surface area (Å²) in [6, 6.07) is 21.5. The lowest BCUT2D eigenvalue weighted by Gasteiger charge is -2.50. The molecule has 4 aromatic rings. The maximum absolute atomic E-state index is 3.06. The third-order valence-electron chi connectivity index (χ3n) is 15.4. The van der Waals surface area contributed by atoms with Gasteiger partial charge in [-0.1, -0.05) is 98.6 Å². The molecule has 56 heavy (non-hydrogen) atoms. The van der Waals surface area contributed by atoms with E-state index in [0.717, 1.165) is 6.42 Å². The molecule has 4 aliphatic carbocycles. The second kappa shape index (κ2) is 12.4. The number of pyridine rings is 1. The van der Waals surface area contributed by atoms with E-state index >= 15 is 0 Å². The van der Waals surface area contributed by atoms with Gasteiger partial charge in [-0.25, -0.2) is 0 Å². The zero-order chi connectivity index (χ0) is 39.2. The minimum Gasteiger partial charge on any atom is -0.155 e. The molecular weight excluding hydrogens is 679 g/mol. The van der Waals surface area contributed by atoms with Crippen LogP contribution in [0.2, 0.25) is 0 Å². The Balaban J connectivity index is 1.32. The van der Waals surface area contributed by atoms with Crippen LogP contribution in [-0.4, -0.2) is 27.4 Å². The van der Waals surface area contributed by atoms with Gasteiger partial charge in [0.05, 0.1) is 16.9 Å². The predicted octanol–water partition coefficient (Wildman–Crippen LogP) is 12.4. The zero-order valence-corrected chi connectivity index (χ0v) is 36.5. The first-order valence-corrected chi connectivity index (χ1v) is 22.7. The van der Waals surface area contributed by atoms with Gasteiger partial charge in [0.1, 0.15) is 17.6 Å². The summed E-state index contributed by atoms with van der Waals surface area (Å²) in [7, 11) is 0. The number of aromatic nitrogens is 1. The molecule has 0 amide bonds. The monoisotopic (exact) mass is 746 g/mol. The third kappa shape index (κ3) is 4.64. The van der Waals surface area contributed by atoms with Crippen molar-refractivity contribution < 1.29 is 9.14 Å². The van der Waals surface area contributed by atoms with Gasteiger partial charge < -0.3 is 0 Å². The van der Waals surface area contributed by atoms with Crippen molar-refractivity contribution in [2.75, 3.05) is 0 Å². The first-order valence-electron chi connectivity index (χ1n) is 22.7. The Hall–Kier alpha value is -3.72. The number of allylic oxidation sites excluding steroid dienone is 2. The summed E-state index contributed by atoms with van der Waals surface area (Å²) in [5.41, 5.74) is 20.6. The zero-order valence-electron chi connectivity index (χ0n) is 36.5. The normalized spacial score (nSPS) is 23.7. The molecule has 1 unspecified atom stereocenters. The highest BCUT2D eigenvalue weighted by atomic mass is 15.6. The van der Waals surface area contributed by atoms with Gasteiger partial charge in [-0.05, 0) is 146 Å². The molecule has 2 fully saturated rings. The Kier molecular flexibility index (Phi) is 8.10. The minimum absolute atomic E-state index is 0.0606. The molecule has 3 aromatic carbocycles. The Bertz CT molecular complexity index is 2400. The maximum Gasteiger partial charge on any atom is 0.479 e. The Morgan fingerprint density at radius 1 is 0.696 bits per heavy atom. The molecule has 0 bridgehead atoms. The maximum atomic E-state index is 3.06. The molecule has 1 atom stereocenters. The largest absolute Gasteiger partial charge is 0.479 e. The van der Waals surface area contributed by atoms with E-state index in [1.165, 1.54) is 125 Å². The Labute approximate surface area is 337 Å². The van der Waals surface area contributed by atoms with Gasteiger partial charge in [0.2, 0.25) is 11.2 Å². The van der Waals surface area contributed by atoms with Gasteiger partial charge in [-0.3, -0.25) is 0 Å². The van der Waals surface area contributed by atoms with Crippen LogP contribution >= 0.6 is 0 Å². The average Bonchev–Trinajstić information content (AvgIpc) is 3.67. The van der Waals surface area contributed by atoms with E-state index in [4.69, 9.17) is 0 Å². The van der Waals surface area contributed by atoms with E-state index in [-0.39, 0.29) is 16.6 Å². The van der Waals surface area contributed by atoms with Gasteiger partial charge in [0.15, 0.2) is 0 Å². The van der Waals surface area contributed by atoms with Crippen molar-refractivity contribution >= 4 is 27.9 Å². The number of amidine groups is 1. The number of nitrogens with zero attached hydrogens (tertiary/aromatic N) is 3. The molecule has 2 aliphatic heterocycles. The van der Waals surface area contributed by atoms with Crippen molar-refractivity contribution in [3.8, 4) is 11.3 Å². The molecule has 1 spiro atoms. The Morgan fingerprint density at radius 3 is 2.02 bits per heavy atom. The Morgan fingerprint density at radius 2 is 1.34 bits per heavy atom. The van der Waals surface area contributed by atoms with E-state index in [1.807, 2.05) is 0 Å². The minimum atomic E-state index is -0.379. The average molecular weight is 746 g/mol. The second-order valence-corrected chi connectivity index (χ2v) is 20.9. The van der Waals surface area contributed by atoms with Crippen LogP contribution in [-0.2, 0) is 23.0 Å². The molecule has 10 rings (SSSR count). The topological polar surface area (TPSA) is 10.1 Å². The van der Waals surface area contributed by atoms with Crippen molar-refractivity contribution in [1.29, 1.82) is 0 Å². The summed E-state index contributed by atoms with van der Waals surface area (Å²) < 4.78 is 5.99. The van der Waals surface area contributed by atoms with Crippen LogP contribution in [0.15, 0.2) is 48.5 Å². The van der Waals surface area contributed by atoms with Crippen LogP contribution in [0.3, 0.4) is 0 Å². The first kappa shape index (κ1) is 36.6. The second-order valence-electron chi connectivity index (χ2n) is 20.9. The van der Waals surface area contributed by atoms with Crippen molar-refractivity contribution in [1.82, 2.24) is 4.90 Å². The molecular formula is C53H67N3+2. The molecule has 2 saturated carbocycles. The molecule has 0 saturated heterocycles. The molecule has 3 heterocycles. The molecule has 0 radical (unpaired) electrons. The number of hydrogen-bond acceptors (Lipinski definition) is 1. The predicted molar refractivity (Wildman–Crippen MR) is 234 cm³/mol. The number of hydrogen-bond donors (Lipinski definition) is 0.